The van der Waals surface area contributed by atoms with Gasteiger partial charge in [-0.05, 0) is 36.6 Å². The van der Waals surface area contributed by atoms with Crippen LogP contribution in [0.25, 0.3) is 10.9 Å². The maximum Gasteiger partial charge on any atom is 0.191 e. The molecule has 1 aliphatic rings. The highest BCUT2D eigenvalue weighted by molar-refractivity contribution is 5.83. The Morgan fingerprint density at radius 1 is 1.45 bits per heavy atom. The molecule has 8 nitrogen and oxygen atoms in total. The molecular weight excluding hydrogens is 373 g/mol. The van der Waals surface area contributed by atoms with Crippen LogP contribution in [0.5, 0.6) is 0 Å². The van der Waals surface area contributed by atoms with Gasteiger partial charge in [0.25, 0.3) is 0 Å². The number of ether oxygens (including phenoxy) is 1. The first kappa shape index (κ1) is 19.4. The van der Waals surface area contributed by atoms with Crippen molar-refractivity contribution in [2.24, 2.45) is 4.99 Å². The van der Waals surface area contributed by atoms with E-state index in [9.17, 15) is 4.39 Å². The molecule has 0 saturated heterocycles. The Balaban J connectivity index is 1.30. The number of hydrogen-bond acceptors (Lipinski definition) is 4. The van der Waals surface area contributed by atoms with Gasteiger partial charge in [0.15, 0.2) is 11.8 Å². The van der Waals surface area contributed by atoms with Gasteiger partial charge in [-0.3, -0.25) is 4.99 Å². The van der Waals surface area contributed by atoms with Crippen molar-refractivity contribution in [3.8, 4) is 0 Å². The van der Waals surface area contributed by atoms with Crippen molar-refractivity contribution < 1.29 is 9.13 Å². The Morgan fingerprint density at radius 2 is 2.34 bits per heavy atom. The smallest absolute Gasteiger partial charge is 0.191 e. The molecule has 0 spiro atoms. The van der Waals surface area contributed by atoms with Crippen LogP contribution in [0.15, 0.2) is 29.4 Å². The van der Waals surface area contributed by atoms with E-state index in [2.05, 4.69) is 30.7 Å². The molecule has 9 heteroatoms. The number of nitrogens with one attached hydrogen (secondary N) is 3. The summed E-state index contributed by atoms with van der Waals surface area (Å²) in [5, 5.41) is 12.4. The number of H-pyrrole nitrogens is 1. The third kappa shape index (κ3) is 4.40. The third-order valence-electron chi connectivity index (χ3n) is 5.16. The zero-order chi connectivity index (χ0) is 20.2. The molecule has 0 radical (unpaired) electrons. The zero-order valence-corrected chi connectivity index (χ0v) is 16.7. The second-order valence-corrected chi connectivity index (χ2v) is 7.19. The molecule has 1 aliphatic heterocycles. The highest BCUT2D eigenvalue weighted by Gasteiger charge is 2.22. The minimum absolute atomic E-state index is 0.231. The number of methoxy groups -OCH3 is 1. The maximum atomic E-state index is 13.3. The predicted octanol–water partition coefficient (Wildman–Crippen LogP) is 1.77. The average Bonchev–Trinajstić information content (AvgIpc) is 3.30. The van der Waals surface area contributed by atoms with Gasteiger partial charge in [-0.15, -0.1) is 0 Å². The number of aromatic amines is 1. The van der Waals surface area contributed by atoms with Crippen molar-refractivity contribution in [1.29, 1.82) is 0 Å². The molecule has 1 atom stereocenters. The zero-order valence-electron chi connectivity index (χ0n) is 16.7. The van der Waals surface area contributed by atoms with E-state index < -0.39 is 0 Å². The lowest BCUT2D eigenvalue weighted by Crippen LogP contribution is -2.47. The SMILES string of the molecule is CN=C(NCCc1c[nH]c2cc(F)ccc12)NC1CCc2nc(COC)nn2C1. The summed E-state index contributed by atoms with van der Waals surface area (Å²) in [6, 6.07) is 5.07. The Hall–Kier alpha value is -2.94. The summed E-state index contributed by atoms with van der Waals surface area (Å²) in [6.45, 7) is 1.91. The van der Waals surface area contributed by atoms with Crippen molar-refractivity contribution in [2.75, 3.05) is 20.7 Å². The van der Waals surface area contributed by atoms with Gasteiger partial charge in [-0.25, -0.2) is 14.1 Å². The molecule has 154 valence electrons. The minimum atomic E-state index is -0.231. The van der Waals surface area contributed by atoms with Crippen molar-refractivity contribution >= 4 is 16.9 Å². The molecule has 0 fully saturated rings. The molecular formula is C20H26FN7O. The number of aryl methyl sites for hydroxylation is 1. The fraction of sp³-hybridized carbons (Fsp3) is 0.450. The van der Waals surface area contributed by atoms with Gasteiger partial charge in [0.1, 0.15) is 18.2 Å². The van der Waals surface area contributed by atoms with Crippen molar-refractivity contribution in [1.82, 2.24) is 30.4 Å². The molecule has 3 N–H and O–H groups in total. The summed E-state index contributed by atoms with van der Waals surface area (Å²) in [4.78, 5) is 12.0. The van der Waals surface area contributed by atoms with E-state index in [1.165, 1.54) is 12.1 Å². The van der Waals surface area contributed by atoms with E-state index >= 15 is 0 Å². The van der Waals surface area contributed by atoms with Crippen LogP contribution < -0.4 is 10.6 Å². The molecule has 1 unspecified atom stereocenters. The molecule has 3 heterocycles. The van der Waals surface area contributed by atoms with Gasteiger partial charge in [-0.2, -0.15) is 5.10 Å². The topological polar surface area (TPSA) is 92.2 Å². The van der Waals surface area contributed by atoms with Crippen LogP contribution in [0.2, 0.25) is 0 Å². The monoisotopic (exact) mass is 399 g/mol. The third-order valence-corrected chi connectivity index (χ3v) is 5.16. The van der Waals surface area contributed by atoms with Crippen molar-refractivity contribution in [3.05, 3.63) is 47.4 Å². The largest absolute Gasteiger partial charge is 0.377 e. The van der Waals surface area contributed by atoms with Crippen LogP contribution >= 0.6 is 0 Å². The Kier molecular flexibility index (Phi) is 5.75. The number of aliphatic imine (C=N–C) groups is 1. The summed E-state index contributed by atoms with van der Waals surface area (Å²) in [6.07, 6.45) is 4.59. The van der Waals surface area contributed by atoms with E-state index in [0.29, 0.717) is 6.61 Å². The first-order valence-electron chi connectivity index (χ1n) is 9.80. The van der Waals surface area contributed by atoms with Gasteiger partial charge in [0.2, 0.25) is 0 Å². The predicted molar refractivity (Wildman–Crippen MR) is 109 cm³/mol. The number of halogens is 1. The van der Waals surface area contributed by atoms with Gasteiger partial charge >= 0.3 is 0 Å². The summed E-state index contributed by atoms with van der Waals surface area (Å²) in [5.74, 6) is 2.27. The number of benzene rings is 1. The molecule has 0 amide bonds. The van der Waals surface area contributed by atoms with Gasteiger partial charge in [0, 0.05) is 50.3 Å². The second-order valence-electron chi connectivity index (χ2n) is 7.19. The van der Waals surface area contributed by atoms with Crippen LogP contribution in [-0.4, -0.2) is 52.5 Å². The molecule has 29 heavy (non-hydrogen) atoms. The molecule has 0 aliphatic carbocycles. The summed E-state index contributed by atoms with van der Waals surface area (Å²) in [7, 11) is 3.42. The Bertz CT molecular complexity index is 1010. The van der Waals surface area contributed by atoms with Crippen molar-refractivity contribution in [2.45, 2.75) is 38.5 Å². The van der Waals surface area contributed by atoms with Crippen LogP contribution in [0.4, 0.5) is 4.39 Å². The van der Waals surface area contributed by atoms with Crippen LogP contribution in [0, 0.1) is 5.82 Å². The Labute approximate surface area is 168 Å². The standard InChI is InChI=1S/C20H26FN7O/c1-22-20(23-8-7-13-10-24-17-9-14(21)3-5-16(13)17)25-15-4-6-19-26-18(12-29-2)27-28(19)11-15/h3,5,9-10,15,24H,4,6-8,11-12H2,1-2H3,(H2,22,23,25). The molecule has 4 rings (SSSR count). The van der Waals surface area contributed by atoms with Gasteiger partial charge < -0.3 is 20.4 Å². The minimum Gasteiger partial charge on any atom is -0.377 e. The lowest BCUT2D eigenvalue weighted by atomic mass is 10.1. The van der Waals surface area contributed by atoms with E-state index in [4.69, 9.17) is 4.74 Å². The quantitative estimate of drug-likeness (QED) is 0.434. The van der Waals surface area contributed by atoms with Gasteiger partial charge in [-0.1, -0.05) is 0 Å². The van der Waals surface area contributed by atoms with Crippen LogP contribution in [0.3, 0.4) is 0 Å². The number of aromatic nitrogens is 4. The maximum absolute atomic E-state index is 13.3. The summed E-state index contributed by atoms with van der Waals surface area (Å²) < 4.78 is 20.4. The van der Waals surface area contributed by atoms with Crippen LogP contribution in [0.1, 0.15) is 23.6 Å². The molecule has 2 aromatic heterocycles. The lowest BCUT2D eigenvalue weighted by molar-refractivity contribution is 0.177. The molecule has 0 saturated carbocycles. The van der Waals surface area contributed by atoms with E-state index in [1.54, 1.807) is 14.2 Å². The number of hydrogen-bond donors (Lipinski definition) is 3. The fourth-order valence-corrected chi connectivity index (χ4v) is 3.74. The van der Waals surface area contributed by atoms with Crippen molar-refractivity contribution in [3.63, 3.8) is 0 Å². The number of fused-ring (bicyclic) bond motifs is 2. The highest BCUT2D eigenvalue weighted by atomic mass is 19.1. The number of guanidine groups is 1. The second kappa shape index (κ2) is 8.60. The molecule has 0 bridgehead atoms. The fourth-order valence-electron chi connectivity index (χ4n) is 3.74. The highest BCUT2D eigenvalue weighted by Crippen LogP contribution is 2.19. The number of rotatable bonds is 6. The van der Waals surface area contributed by atoms with E-state index in [0.717, 1.165) is 66.4 Å². The first-order chi connectivity index (χ1) is 14.2. The Morgan fingerprint density at radius 3 is 3.17 bits per heavy atom. The lowest BCUT2D eigenvalue weighted by Gasteiger charge is -2.25. The first-order valence-corrected chi connectivity index (χ1v) is 9.80. The molecule has 1 aromatic carbocycles. The number of nitrogens with zero attached hydrogens (tertiary/aromatic N) is 4. The van der Waals surface area contributed by atoms with Gasteiger partial charge in [0.05, 0.1) is 6.54 Å². The average molecular weight is 399 g/mol. The van der Waals surface area contributed by atoms with E-state index in [1.807, 2.05) is 16.9 Å². The summed E-state index contributed by atoms with van der Waals surface area (Å²) >= 11 is 0. The van der Waals surface area contributed by atoms with Crippen LogP contribution in [-0.2, 0) is 30.7 Å². The van der Waals surface area contributed by atoms with E-state index in [-0.39, 0.29) is 11.9 Å². The summed E-state index contributed by atoms with van der Waals surface area (Å²) in [5.41, 5.74) is 1.97. The normalized spacial score (nSPS) is 16.8. The molecule has 3 aromatic rings.